The van der Waals surface area contributed by atoms with Crippen LogP contribution in [0.2, 0.25) is 0 Å². The zero-order valence-electron chi connectivity index (χ0n) is 8.42. The van der Waals surface area contributed by atoms with Gasteiger partial charge in [0.05, 0.1) is 11.9 Å². The summed E-state index contributed by atoms with van der Waals surface area (Å²) in [6.07, 6.45) is -1.99. The lowest BCUT2D eigenvalue weighted by atomic mass is 10.2. The number of hydrogen-bond acceptors (Lipinski definition) is 1. The fourth-order valence-corrected chi connectivity index (χ4v) is 1.24. The molecule has 2 nitrogen and oxygen atoms in total. The van der Waals surface area contributed by atoms with E-state index in [0.29, 0.717) is 5.69 Å². The Morgan fingerprint density at radius 3 is 2.31 bits per heavy atom. The first-order valence-corrected chi connectivity index (χ1v) is 4.59. The van der Waals surface area contributed by atoms with Gasteiger partial charge in [-0.05, 0) is 25.1 Å². The molecule has 1 radical (unpaired) electrons. The molecule has 0 unspecified atom stereocenters. The number of aryl methyl sites for hydroxylation is 1. The summed E-state index contributed by atoms with van der Waals surface area (Å²) in [5.74, 6) is 0. The summed E-state index contributed by atoms with van der Waals surface area (Å²) in [4.78, 5) is 0. The van der Waals surface area contributed by atoms with Gasteiger partial charge in [-0.15, -0.1) is 0 Å². The van der Waals surface area contributed by atoms with Crippen LogP contribution >= 0.6 is 0 Å². The molecule has 0 fully saturated rings. The van der Waals surface area contributed by atoms with Crippen LogP contribution < -0.4 is 0 Å². The highest BCUT2D eigenvalue weighted by molar-refractivity contribution is 5.33. The topological polar surface area (TPSA) is 17.8 Å². The lowest BCUT2D eigenvalue weighted by Crippen LogP contribution is -2.07. The average Bonchev–Trinajstić information content (AvgIpc) is 2.67. The highest BCUT2D eigenvalue weighted by Crippen LogP contribution is 2.27. The standard InChI is InChI=1S/C11H8F3N2/c1-8-2-4-9(5-3-8)16-7-6-10(15-16)11(12,13)14/h2-6H,1H3. The van der Waals surface area contributed by atoms with Gasteiger partial charge in [-0.3, -0.25) is 0 Å². The number of hydrogen-bond donors (Lipinski definition) is 0. The molecular formula is C11H8F3N2. The van der Waals surface area contributed by atoms with Crippen molar-refractivity contribution in [2.24, 2.45) is 0 Å². The summed E-state index contributed by atoms with van der Waals surface area (Å²) in [5, 5.41) is 3.42. The molecule has 0 saturated heterocycles. The van der Waals surface area contributed by atoms with E-state index in [9.17, 15) is 13.2 Å². The van der Waals surface area contributed by atoms with Crippen molar-refractivity contribution in [1.82, 2.24) is 9.78 Å². The second-order valence-corrected chi connectivity index (χ2v) is 3.40. The normalized spacial score (nSPS) is 11.8. The number of halogens is 3. The predicted octanol–water partition coefficient (Wildman–Crippen LogP) is 3.00. The highest BCUT2D eigenvalue weighted by Gasteiger charge is 2.33. The Morgan fingerprint density at radius 1 is 1.19 bits per heavy atom. The Labute approximate surface area is 90.3 Å². The Morgan fingerprint density at radius 2 is 1.81 bits per heavy atom. The van der Waals surface area contributed by atoms with Crippen LogP contribution in [0.25, 0.3) is 5.69 Å². The third-order valence-electron chi connectivity index (χ3n) is 2.10. The zero-order valence-corrected chi connectivity index (χ0v) is 8.42. The summed E-state index contributed by atoms with van der Waals surface area (Å²) in [6.45, 7) is 1.90. The minimum absolute atomic E-state index is 0.557. The van der Waals surface area contributed by atoms with Gasteiger partial charge in [0, 0.05) is 0 Å². The van der Waals surface area contributed by atoms with E-state index in [1.807, 2.05) is 6.92 Å². The molecule has 0 spiro atoms. The third-order valence-corrected chi connectivity index (χ3v) is 2.10. The second kappa shape index (κ2) is 3.66. The fraction of sp³-hybridized carbons (Fsp3) is 0.182. The molecule has 0 N–H and O–H groups in total. The van der Waals surface area contributed by atoms with E-state index >= 15 is 0 Å². The van der Waals surface area contributed by atoms with Crippen molar-refractivity contribution in [3.8, 4) is 5.69 Å². The van der Waals surface area contributed by atoms with E-state index in [1.165, 1.54) is 0 Å². The molecule has 1 heterocycles. The molecular weight excluding hydrogens is 217 g/mol. The first-order chi connectivity index (χ1) is 7.47. The molecule has 0 saturated carbocycles. The average molecular weight is 225 g/mol. The Kier molecular flexibility index (Phi) is 2.46. The summed E-state index contributed by atoms with van der Waals surface area (Å²) in [7, 11) is 0. The summed E-state index contributed by atoms with van der Waals surface area (Å²) in [6, 6.07) is 7.83. The van der Waals surface area contributed by atoms with Crippen molar-refractivity contribution in [3.63, 3.8) is 0 Å². The van der Waals surface area contributed by atoms with Gasteiger partial charge < -0.3 is 0 Å². The fourth-order valence-electron chi connectivity index (χ4n) is 1.24. The van der Waals surface area contributed by atoms with Gasteiger partial charge in [-0.2, -0.15) is 18.3 Å². The summed E-state index contributed by atoms with van der Waals surface area (Å²) >= 11 is 0. The van der Waals surface area contributed by atoms with Crippen LogP contribution in [0.4, 0.5) is 13.2 Å². The van der Waals surface area contributed by atoms with Crippen LogP contribution in [0.1, 0.15) is 11.3 Å². The quantitative estimate of drug-likeness (QED) is 0.729. The van der Waals surface area contributed by atoms with Crippen LogP contribution in [0, 0.1) is 13.1 Å². The minimum atomic E-state index is -4.42. The van der Waals surface area contributed by atoms with Crippen LogP contribution in [0.5, 0.6) is 0 Å². The molecule has 0 aliphatic rings. The molecule has 0 atom stereocenters. The maximum absolute atomic E-state index is 12.3. The third kappa shape index (κ3) is 2.08. The highest BCUT2D eigenvalue weighted by atomic mass is 19.4. The molecule has 16 heavy (non-hydrogen) atoms. The maximum Gasteiger partial charge on any atom is 0.435 e. The molecule has 83 valence electrons. The van der Waals surface area contributed by atoms with E-state index in [1.54, 1.807) is 24.3 Å². The Hall–Kier alpha value is -1.78. The van der Waals surface area contributed by atoms with Crippen molar-refractivity contribution in [1.29, 1.82) is 0 Å². The first kappa shape index (κ1) is 10.7. The van der Waals surface area contributed by atoms with Crippen LogP contribution in [-0.2, 0) is 6.18 Å². The molecule has 0 aliphatic carbocycles. The van der Waals surface area contributed by atoms with E-state index in [2.05, 4.69) is 11.3 Å². The minimum Gasteiger partial charge on any atom is -0.231 e. The number of benzene rings is 1. The lowest BCUT2D eigenvalue weighted by Gasteiger charge is -2.02. The smallest absolute Gasteiger partial charge is 0.231 e. The summed E-state index contributed by atoms with van der Waals surface area (Å²) < 4.78 is 37.9. The summed E-state index contributed by atoms with van der Waals surface area (Å²) in [5.41, 5.74) is 0.654. The zero-order chi connectivity index (χ0) is 11.8. The number of nitrogens with zero attached hydrogens (tertiary/aromatic N) is 2. The maximum atomic E-state index is 12.3. The lowest BCUT2D eigenvalue weighted by molar-refractivity contribution is -0.141. The number of rotatable bonds is 1. The largest absolute Gasteiger partial charge is 0.435 e. The van der Waals surface area contributed by atoms with Gasteiger partial charge in [0.1, 0.15) is 0 Å². The second-order valence-electron chi connectivity index (χ2n) is 3.40. The molecule has 0 amide bonds. The Balaban J connectivity index is 2.35. The van der Waals surface area contributed by atoms with Crippen molar-refractivity contribution in [2.75, 3.05) is 0 Å². The van der Waals surface area contributed by atoms with Crippen LogP contribution in [0.3, 0.4) is 0 Å². The van der Waals surface area contributed by atoms with E-state index in [-0.39, 0.29) is 0 Å². The van der Waals surface area contributed by atoms with Crippen LogP contribution in [-0.4, -0.2) is 9.78 Å². The Bertz CT molecular complexity index is 483. The van der Waals surface area contributed by atoms with Gasteiger partial charge >= 0.3 is 6.18 Å². The van der Waals surface area contributed by atoms with Crippen LogP contribution in [0.15, 0.2) is 30.3 Å². The van der Waals surface area contributed by atoms with Gasteiger partial charge in [0.25, 0.3) is 0 Å². The number of aromatic nitrogens is 2. The van der Waals surface area contributed by atoms with Crippen molar-refractivity contribution >= 4 is 0 Å². The molecule has 0 bridgehead atoms. The molecule has 1 aromatic carbocycles. The van der Waals surface area contributed by atoms with E-state index < -0.39 is 11.9 Å². The van der Waals surface area contributed by atoms with Gasteiger partial charge in [0.15, 0.2) is 5.69 Å². The molecule has 0 aliphatic heterocycles. The SMILES string of the molecule is Cc1ccc(-n2[c]cc(C(F)(F)F)n2)cc1. The molecule has 2 rings (SSSR count). The van der Waals surface area contributed by atoms with Gasteiger partial charge in [-0.1, -0.05) is 17.7 Å². The first-order valence-electron chi connectivity index (χ1n) is 4.59. The molecule has 1 aromatic heterocycles. The molecule has 5 heteroatoms. The van der Waals surface area contributed by atoms with Gasteiger partial charge in [-0.25, -0.2) is 4.68 Å². The van der Waals surface area contributed by atoms with E-state index in [0.717, 1.165) is 16.3 Å². The van der Waals surface area contributed by atoms with Crippen molar-refractivity contribution in [3.05, 3.63) is 47.8 Å². The van der Waals surface area contributed by atoms with E-state index in [4.69, 9.17) is 0 Å². The van der Waals surface area contributed by atoms with Crippen molar-refractivity contribution in [2.45, 2.75) is 13.1 Å². The monoisotopic (exact) mass is 225 g/mol. The van der Waals surface area contributed by atoms with Crippen molar-refractivity contribution < 1.29 is 13.2 Å². The predicted molar refractivity (Wildman–Crippen MR) is 52.1 cm³/mol. The number of alkyl halides is 3. The molecule has 2 aromatic rings. The van der Waals surface area contributed by atoms with Gasteiger partial charge in [0.2, 0.25) is 0 Å².